The zero-order valence-electron chi connectivity index (χ0n) is 12.8. The van der Waals surface area contributed by atoms with Gasteiger partial charge in [-0.1, -0.05) is 18.6 Å². The number of rotatable bonds is 5. The van der Waals surface area contributed by atoms with E-state index in [9.17, 15) is 0 Å². The molecule has 0 amide bonds. The maximum absolute atomic E-state index is 4.65. The number of nitrogens with zero attached hydrogens (tertiary/aromatic N) is 1. The van der Waals surface area contributed by atoms with Gasteiger partial charge in [0.25, 0.3) is 0 Å². The maximum Gasteiger partial charge on any atom is 0.108 e. The molecule has 4 atom stereocenters. The van der Waals surface area contributed by atoms with E-state index in [1.165, 1.54) is 25.7 Å². The van der Waals surface area contributed by atoms with Crippen LogP contribution >= 0.6 is 0 Å². The van der Waals surface area contributed by atoms with Crippen LogP contribution in [0, 0.1) is 17.8 Å². The van der Waals surface area contributed by atoms with E-state index in [1.807, 2.05) is 6.07 Å². The van der Waals surface area contributed by atoms with E-state index in [4.69, 9.17) is 0 Å². The van der Waals surface area contributed by atoms with Crippen LogP contribution in [-0.4, -0.2) is 22.6 Å². The lowest BCUT2D eigenvalue weighted by molar-refractivity contribution is 0.261. The molecule has 2 N–H and O–H groups in total. The molecule has 2 fully saturated rings. The number of aromatic nitrogens is 2. The molecule has 0 spiro atoms. The molecule has 2 aliphatic rings. The van der Waals surface area contributed by atoms with Crippen LogP contribution in [0.1, 0.15) is 38.4 Å². The summed E-state index contributed by atoms with van der Waals surface area (Å²) in [5, 5.41) is 3.74. The first-order valence-electron chi connectivity index (χ1n) is 8.46. The Balaban J connectivity index is 1.31. The Hall–Kier alpha value is -1.35. The summed E-state index contributed by atoms with van der Waals surface area (Å²) < 4.78 is 0. The molecule has 4 unspecified atom stereocenters. The molecule has 21 heavy (non-hydrogen) atoms. The zero-order chi connectivity index (χ0) is 14.2. The third-order valence-corrected chi connectivity index (χ3v) is 5.70. The van der Waals surface area contributed by atoms with Gasteiger partial charge in [-0.25, -0.2) is 4.98 Å². The number of hydrogen-bond donors (Lipinski definition) is 2. The second kappa shape index (κ2) is 5.45. The third-order valence-electron chi connectivity index (χ3n) is 5.70. The van der Waals surface area contributed by atoms with E-state index in [0.29, 0.717) is 6.04 Å². The Kier molecular flexibility index (Phi) is 3.46. The van der Waals surface area contributed by atoms with Crippen molar-refractivity contribution in [2.45, 2.75) is 45.1 Å². The molecule has 1 heterocycles. The summed E-state index contributed by atoms with van der Waals surface area (Å²) in [4.78, 5) is 8.06. The van der Waals surface area contributed by atoms with Crippen LogP contribution in [0.2, 0.25) is 0 Å². The lowest BCUT2D eigenvalue weighted by Crippen LogP contribution is -2.37. The number of H-pyrrole nitrogens is 1. The Morgan fingerprint density at radius 2 is 2.19 bits per heavy atom. The second-order valence-corrected chi connectivity index (χ2v) is 7.03. The van der Waals surface area contributed by atoms with Crippen molar-refractivity contribution in [1.82, 2.24) is 15.3 Å². The van der Waals surface area contributed by atoms with Gasteiger partial charge in [0.1, 0.15) is 5.82 Å². The van der Waals surface area contributed by atoms with Crippen LogP contribution in [-0.2, 0) is 6.42 Å². The topological polar surface area (TPSA) is 40.7 Å². The summed E-state index contributed by atoms with van der Waals surface area (Å²) in [5.74, 6) is 4.06. The smallest absolute Gasteiger partial charge is 0.108 e. The van der Waals surface area contributed by atoms with E-state index < -0.39 is 0 Å². The molecule has 2 saturated carbocycles. The molecule has 2 aliphatic carbocycles. The van der Waals surface area contributed by atoms with Gasteiger partial charge in [0.15, 0.2) is 0 Å². The molecule has 1 aromatic carbocycles. The van der Waals surface area contributed by atoms with E-state index in [-0.39, 0.29) is 0 Å². The first-order valence-corrected chi connectivity index (χ1v) is 8.46. The van der Waals surface area contributed by atoms with E-state index in [0.717, 1.165) is 47.6 Å². The minimum absolute atomic E-state index is 0.657. The van der Waals surface area contributed by atoms with Crippen molar-refractivity contribution < 1.29 is 0 Å². The molecule has 2 bridgehead atoms. The van der Waals surface area contributed by atoms with E-state index in [2.05, 4.69) is 40.4 Å². The van der Waals surface area contributed by atoms with Crippen molar-refractivity contribution in [3.63, 3.8) is 0 Å². The molecule has 0 radical (unpaired) electrons. The summed E-state index contributed by atoms with van der Waals surface area (Å²) >= 11 is 0. The van der Waals surface area contributed by atoms with E-state index in [1.54, 1.807) is 0 Å². The van der Waals surface area contributed by atoms with Gasteiger partial charge in [-0.05, 0) is 56.1 Å². The second-order valence-electron chi connectivity index (χ2n) is 7.03. The first-order chi connectivity index (χ1) is 10.3. The average Bonchev–Trinajstić information content (AvgIpc) is 3.21. The minimum atomic E-state index is 0.657. The molecule has 3 heteroatoms. The van der Waals surface area contributed by atoms with Crippen LogP contribution in [0.5, 0.6) is 0 Å². The predicted octanol–water partition coefficient (Wildman–Crippen LogP) is 3.52. The summed E-state index contributed by atoms with van der Waals surface area (Å²) in [6.45, 7) is 3.40. The standard InChI is InChI=1S/C18H25N3/c1-12(15-11-13-6-7-14(15)10-13)19-9-8-18-20-16-4-2-3-5-17(16)21-18/h2-5,12-15,19H,6-11H2,1H3,(H,20,21). The fourth-order valence-electron chi connectivity index (χ4n) is 4.60. The van der Waals surface area contributed by atoms with Crippen molar-refractivity contribution >= 4 is 11.0 Å². The molecule has 3 nitrogen and oxygen atoms in total. The van der Waals surface area contributed by atoms with Gasteiger partial charge >= 0.3 is 0 Å². The first kappa shape index (κ1) is 13.3. The molecule has 2 aromatic rings. The average molecular weight is 283 g/mol. The number of hydrogen-bond acceptors (Lipinski definition) is 2. The highest BCUT2D eigenvalue weighted by Crippen LogP contribution is 2.49. The molecular formula is C18H25N3. The van der Waals surface area contributed by atoms with Crippen LogP contribution in [0.4, 0.5) is 0 Å². The molecule has 0 aliphatic heterocycles. The fraction of sp³-hybridized carbons (Fsp3) is 0.611. The maximum atomic E-state index is 4.65. The number of benzene rings is 1. The summed E-state index contributed by atoms with van der Waals surface area (Å²) in [7, 11) is 0. The zero-order valence-corrected chi connectivity index (χ0v) is 12.8. The third kappa shape index (κ3) is 2.59. The van der Waals surface area contributed by atoms with Gasteiger partial charge in [-0.2, -0.15) is 0 Å². The van der Waals surface area contributed by atoms with Crippen molar-refractivity contribution in [3.05, 3.63) is 30.1 Å². The number of imidazole rings is 1. The number of aromatic amines is 1. The van der Waals surface area contributed by atoms with Crippen LogP contribution < -0.4 is 5.32 Å². The lowest BCUT2D eigenvalue weighted by Gasteiger charge is -2.28. The van der Waals surface area contributed by atoms with Gasteiger partial charge in [0.2, 0.25) is 0 Å². The summed E-state index contributed by atoms with van der Waals surface area (Å²) in [6.07, 6.45) is 6.92. The van der Waals surface area contributed by atoms with Gasteiger partial charge in [-0.15, -0.1) is 0 Å². The van der Waals surface area contributed by atoms with E-state index >= 15 is 0 Å². The van der Waals surface area contributed by atoms with Crippen molar-refractivity contribution in [3.8, 4) is 0 Å². The minimum Gasteiger partial charge on any atom is -0.342 e. The quantitative estimate of drug-likeness (QED) is 0.881. The van der Waals surface area contributed by atoms with Crippen molar-refractivity contribution in [2.75, 3.05) is 6.54 Å². The Labute approximate surface area is 126 Å². The number of fused-ring (bicyclic) bond motifs is 3. The number of nitrogens with one attached hydrogen (secondary N) is 2. The Bertz CT molecular complexity index is 585. The highest BCUT2D eigenvalue weighted by Gasteiger charge is 2.41. The summed E-state index contributed by atoms with van der Waals surface area (Å²) in [6, 6.07) is 8.92. The molecule has 0 saturated heterocycles. The molecular weight excluding hydrogens is 258 g/mol. The van der Waals surface area contributed by atoms with Crippen LogP contribution in [0.25, 0.3) is 11.0 Å². The Morgan fingerprint density at radius 3 is 2.95 bits per heavy atom. The predicted molar refractivity (Wildman–Crippen MR) is 86.2 cm³/mol. The normalized spacial score (nSPS) is 29.3. The SMILES string of the molecule is CC(NCCc1nc2ccccc2[nH]1)C1CC2CCC1C2. The molecule has 4 rings (SSSR count). The molecule has 112 valence electrons. The van der Waals surface area contributed by atoms with Crippen LogP contribution in [0.15, 0.2) is 24.3 Å². The molecule has 1 aromatic heterocycles. The fourth-order valence-corrected chi connectivity index (χ4v) is 4.60. The monoisotopic (exact) mass is 283 g/mol. The van der Waals surface area contributed by atoms with Crippen molar-refractivity contribution in [2.24, 2.45) is 17.8 Å². The van der Waals surface area contributed by atoms with Gasteiger partial charge in [0.05, 0.1) is 11.0 Å². The highest BCUT2D eigenvalue weighted by atomic mass is 15.0. The van der Waals surface area contributed by atoms with Gasteiger partial charge in [-0.3, -0.25) is 0 Å². The summed E-state index contributed by atoms with van der Waals surface area (Å²) in [5.41, 5.74) is 2.22. The number of para-hydroxylation sites is 2. The van der Waals surface area contributed by atoms with Crippen LogP contribution in [0.3, 0.4) is 0 Å². The van der Waals surface area contributed by atoms with Gasteiger partial charge in [0, 0.05) is 19.0 Å². The van der Waals surface area contributed by atoms with Crippen molar-refractivity contribution in [1.29, 1.82) is 0 Å². The van der Waals surface area contributed by atoms with Gasteiger partial charge < -0.3 is 10.3 Å². The largest absolute Gasteiger partial charge is 0.342 e. The Morgan fingerprint density at radius 1 is 1.29 bits per heavy atom. The highest BCUT2D eigenvalue weighted by molar-refractivity contribution is 5.74. The lowest BCUT2D eigenvalue weighted by atomic mass is 9.84.